The van der Waals surface area contributed by atoms with Gasteiger partial charge in [0.25, 0.3) is 11.8 Å². The van der Waals surface area contributed by atoms with Crippen LogP contribution in [-0.2, 0) is 14.3 Å². The molecule has 2 heterocycles. The van der Waals surface area contributed by atoms with Gasteiger partial charge >= 0.3 is 6.09 Å². The van der Waals surface area contributed by atoms with E-state index in [0.717, 1.165) is 59.9 Å². The molecule has 1 unspecified atom stereocenters. The van der Waals surface area contributed by atoms with E-state index in [1.165, 1.54) is 17.1 Å². The van der Waals surface area contributed by atoms with Crippen molar-refractivity contribution < 1.29 is 19.1 Å². The first-order chi connectivity index (χ1) is 17.2. The molecule has 4 rings (SSSR count). The summed E-state index contributed by atoms with van der Waals surface area (Å²) in [5.74, 6) is 0.0231. The van der Waals surface area contributed by atoms with Crippen LogP contribution in [0.15, 0.2) is 42.5 Å². The summed E-state index contributed by atoms with van der Waals surface area (Å²) in [5.41, 5.74) is 2.34. The molecule has 7 nitrogen and oxygen atoms in total. The van der Waals surface area contributed by atoms with Crippen molar-refractivity contribution in [1.82, 2.24) is 4.90 Å². The minimum absolute atomic E-state index is 0.0395. The number of unbranched alkanes of at least 4 members (excludes halogenated alkanes) is 3. The average molecular weight is 512 g/mol. The Bertz CT molecular complexity index is 1170. The van der Waals surface area contributed by atoms with Crippen LogP contribution in [0.1, 0.15) is 57.9 Å². The van der Waals surface area contributed by atoms with Gasteiger partial charge in [-0.1, -0.05) is 37.1 Å². The lowest BCUT2D eigenvalue weighted by molar-refractivity contribution is -0.136. The molecule has 2 aromatic rings. The molecule has 192 valence electrons. The molecule has 0 aromatic heterocycles. The standard InChI is InChI=1S/C28H34ClN3O4/c1-28(2,3)36-27(35)32-18-19(17-29)26-21-11-7-6-10-20(21)22(16-23(26)32)30-14-8-4-5-9-15-31-24(33)12-13-25(31)34/h6-7,10-13,16,19,30H,4-5,8-9,14-15,17-18H2,1-3H3. The Kier molecular flexibility index (Phi) is 7.88. The predicted molar refractivity (Wildman–Crippen MR) is 144 cm³/mol. The topological polar surface area (TPSA) is 79.0 Å². The highest BCUT2D eigenvalue weighted by molar-refractivity contribution is 6.19. The van der Waals surface area contributed by atoms with E-state index in [9.17, 15) is 14.4 Å². The van der Waals surface area contributed by atoms with E-state index in [-0.39, 0.29) is 23.8 Å². The highest BCUT2D eigenvalue weighted by Gasteiger charge is 2.36. The van der Waals surface area contributed by atoms with Gasteiger partial charge in [0.05, 0.1) is 5.69 Å². The van der Waals surface area contributed by atoms with Crippen molar-refractivity contribution in [2.45, 2.75) is 58.0 Å². The van der Waals surface area contributed by atoms with Crippen LogP contribution < -0.4 is 10.2 Å². The van der Waals surface area contributed by atoms with Gasteiger partial charge in [-0.25, -0.2) is 4.79 Å². The van der Waals surface area contributed by atoms with E-state index < -0.39 is 5.60 Å². The minimum atomic E-state index is -0.583. The van der Waals surface area contributed by atoms with Crippen LogP contribution >= 0.6 is 11.6 Å². The van der Waals surface area contributed by atoms with Crippen molar-refractivity contribution >= 4 is 51.7 Å². The molecule has 2 aliphatic heterocycles. The van der Waals surface area contributed by atoms with Crippen molar-refractivity contribution in [3.05, 3.63) is 48.0 Å². The van der Waals surface area contributed by atoms with Gasteiger partial charge in [0.1, 0.15) is 5.60 Å². The summed E-state index contributed by atoms with van der Waals surface area (Å²) in [6.07, 6.45) is 5.96. The third-order valence-corrected chi connectivity index (χ3v) is 6.86. The number of rotatable bonds is 9. The molecule has 8 heteroatoms. The molecule has 36 heavy (non-hydrogen) atoms. The van der Waals surface area contributed by atoms with Gasteiger partial charge in [0, 0.05) is 54.7 Å². The average Bonchev–Trinajstić information content (AvgIpc) is 3.37. The monoisotopic (exact) mass is 511 g/mol. The molecule has 2 aromatic carbocycles. The molecule has 2 aliphatic rings. The zero-order valence-corrected chi connectivity index (χ0v) is 21.9. The lowest BCUT2D eigenvalue weighted by Crippen LogP contribution is -2.36. The minimum Gasteiger partial charge on any atom is -0.443 e. The molecule has 0 aliphatic carbocycles. The fourth-order valence-corrected chi connectivity index (χ4v) is 5.08. The predicted octanol–water partition coefficient (Wildman–Crippen LogP) is 5.81. The van der Waals surface area contributed by atoms with E-state index >= 15 is 0 Å². The maximum absolute atomic E-state index is 13.0. The highest BCUT2D eigenvalue weighted by Crippen LogP contribution is 2.45. The summed E-state index contributed by atoms with van der Waals surface area (Å²) < 4.78 is 5.68. The van der Waals surface area contributed by atoms with Gasteiger partial charge in [-0.15, -0.1) is 11.6 Å². The summed E-state index contributed by atoms with van der Waals surface area (Å²) in [5, 5.41) is 5.77. The van der Waals surface area contributed by atoms with E-state index in [0.29, 0.717) is 19.0 Å². The van der Waals surface area contributed by atoms with Crippen LogP contribution in [0.3, 0.4) is 0 Å². The first-order valence-corrected chi connectivity index (χ1v) is 13.1. The molecule has 3 amide bonds. The number of benzene rings is 2. The fourth-order valence-electron chi connectivity index (χ4n) is 4.83. The Morgan fingerprint density at radius 3 is 2.39 bits per heavy atom. The molecule has 0 spiro atoms. The Labute approximate surface area is 217 Å². The Hall–Kier alpha value is -3.06. The van der Waals surface area contributed by atoms with Gasteiger partial charge in [-0.3, -0.25) is 19.4 Å². The normalized spacial score (nSPS) is 17.3. The highest BCUT2D eigenvalue weighted by atomic mass is 35.5. The summed E-state index contributed by atoms with van der Waals surface area (Å²) in [7, 11) is 0. The van der Waals surface area contributed by atoms with E-state index in [1.807, 2.05) is 39.0 Å². The Morgan fingerprint density at radius 1 is 1.06 bits per heavy atom. The van der Waals surface area contributed by atoms with Crippen LogP contribution in [0.2, 0.25) is 0 Å². The first kappa shape index (κ1) is 26.0. The maximum Gasteiger partial charge on any atom is 0.414 e. The smallest absolute Gasteiger partial charge is 0.414 e. The second-order valence-corrected chi connectivity index (χ2v) is 10.7. The van der Waals surface area contributed by atoms with Crippen molar-refractivity contribution in [3.8, 4) is 0 Å². The summed E-state index contributed by atoms with van der Waals surface area (Å²) in [4.78, 5) is 39.3. The number of nitrogens with one attached hydrogen (secondary N) is 1. The molecule has 0 saturated heterocycles. The van der Waals surface area contributed by atoms with Crippen LogP contribution in [0.5, 0.6) is 0 Å². The van der Waals surface area contributed by atoms with Crippen molar-refractivity contribution in [3.63, 3.8) is 0 Å². The van der Waals surface area contributed by atoms with Crippen molar-refractivity contribution in [2.75, 3.05) is 35.7 Å². The molecular weight excluding hydrogens is 478 g/mol. The molecule has 1 N–H and O–H groups in total. The molecule has 0 saturated carbocycles. The lowest BCUT2D eigenvalue weighted by atomic mass is 9.95. The molecular formula is C28H34ClN3O4. The van der Waals surface area contributed by atoms with Gasteiger partial charge in [0.15, 0.2) is 0 Å². The molecule has 0 fully saturated rings. The number of alkyl halides is 1. The number of carbonyl (C=O) groups excluding carboxylic acids is 3. The third kappa shape index (κ3) is 5.67. The lowest BCUT2D eigenvalue weighted by Gasteiger charge is -2.25. The quantitative estimate of drug-likeness (QED) is 0.261. The van der Waals surface area contributed by atoms with Crippen molar-refractivity contribution in [1.29, 1.82) is 0 Å². The number of imide groups is 1. The van der Waals surface area contributed by atoms with Gasteiger partial charge < -0.3 is 10.1 Å². The number of nitrogens with zero attached hydrogens (tertiary/aromatic N) is 2. The zero-order valence-electron chi connectivity index (χ0n) is 21.2. The van der Waals surface area contributed by atoms with Crippen molar-refractivity contribution in [2.24, 2.45) is 0 Å². The molecule has 0 bridgehead atoms. The second-order valence-electron chi connectivity index (χ2n) is 10.3. The summed E-state index contributed by atoms with van der Waals surface area (Å²) in [6.45, 7) is 7.34. The SMILES string of the molecule is CC(C)(C)OC(=O)N1CC(CCl)c2c1cc(NCCCCCCN1C(=O)C=CC1=O)c1ccccc21. The van der Waals surface area contributed by atoms with Gasteiger partial charge in [-0.2, -0.15) is 0 Å². The number of fused-ring (bicyclic) bond motifs is 3. The van der Waals surface area contributed by atoms with E-state index in [4.69, 9.17) is 16.3 Å². The Balaban J connectivity index is 1.42. The summed E-state index contributed by atoms with van der Waals surface area (Å²) >= 11 is 6.34. The van der Waals surface area contributed by atoms with Crippen LogP contribution in [-0.4, -0.2) is 53.9 Å². The Morgan fingerprint density at radius 2 is 1.72 bits per heavy atom. The number of anilines is 2. The van der Waals surface area contributed by atoms with Gasteiger partial charge in [-0.05, 0) is 50.6 Å². The summed E-state index contributed by atoms with van der Waals surface area (Å²) in [6, 6.07) is 10.3. The maximum atomic E-state index is 13.0. The number of hydrogen-bond donors (Lipinski definition) is 1. The van der Waals surface area contributed by atoms with Crippen LogP contribution in [0, 0.1) is 0 Å². The largest absolute Gasteiger partial charge is 0.443 e. The van der Waals surface area contributed by atoms with E-state index in [1.54, 1.807) is 4.90 Å². The number of amides is 3. The molecule has 1 atom stereocenters. The zero-order chi connectivity index (χ0) is 25.9. The number of carbonyl (C=O) groups is 3. The number of ether oxygens (including phenoxy) is 1. The number of halogens is 1. The number of hydrogen-bond acceptors (Lipinski definition) is 5. The van der Waals surface area contributed by atoms with Crippen LogP contribution in [0.4, 0.5) is 16.2 Å². The van der Waals surface area contributed by atoms with Crippen LogP contribution in [0.25, 0.3) is 10.8 Å². The van der Waals surface area contributed by atoms with E-state index in [2.05, 4.69) is 17.4 Å². The third-order valence-electron chi connectivity index (χ3n) is 6.49. The first-order valence-electron chi connectivity index (χ1n) is 12.6. The van der Waals surface area contributed by atoms with Gasteiger partial charge in [0.2, 0.25) is 0 Å². The second kappa shape index (κ2) is 10.9. The molecule has 0 radical (unpaired) electrons. The fraction of sp³-hybridized carbons (Fsp3) is 0.464.